The maximum Gasteiger partial charge on any atom is 0.258 e. The van der Waals surface area contributed by atoms with E-state index in [1.165, 1.54) is 0 Å². The van der Waals surface area contributed by atoms with Crippen molar-refractivity contribution in [2.45, 2.75) is 26.8 Å². The fourth-order valence-corrected chi connectivity index (χ4v) is 3.31. The average molecular weight is 390 g/mol. The first-order chi connectivity index (χ1) is 14.0. The Balaban J connectivity index is 1.70. The van der Waals surface area contributed by atoms with Crippen LogP contribution >= 0.6 is 0 Å². The van der Waals surface area contributed by atoms with Crippen LogP contribution in [0.1, 0.15) is 31.0 Å². The second-order valence-corrected chi connectivity index (χ2v) is 7.10. The van der Waals surface area contributed by atoms with Crippen molar-refractivity contribution in [1.82, 2.24) is 19.7 Å². The number of pyridine rings is 2. The Kier molecular flexibility index (Phi) is 4.85. The zero-order valence-corrected chi connectivity index (χ0v) is 16.5. The highest BCUT2D eigenvalue weighted by molar-refractivity contribution is 6.32. The molecule has 29 heavy (non-hydrogen) atoms. The first-order valence-corrected chi connectivity index (χ1v) is 9.34. The number of carbonyl (C=O) groups is 1. The Labute approximate surface area is 168 Å². The number of nitrogens with zero attached hydrogens (tertiary/aromatic N) is 4. The van der Waals surface area contributed by atoms with E-state index in [9.17, 15) is 9.90 Å². The molecule has 1 amide bonds. The predicted octanol–water partition coefficient (Wildman–Crippen LogP) is 3.00. The smallest absolute Gasteiger partial charge is 0.258 e. The minimum Gasteiger partial charge on any atom is -0.394 e. The average Bonchev–Trinajstić information content (AvgIpc) is 3.30. The Morgan fingerprint density at radius 2 is 2.14 bits per heavy atom. The van der Waals surface area contributed by atoms with Gasteiger partial charge in [-0.15, -0.1) is 0 Å². The fourth-order valence-electron chi connectivity index (χ4n) is 3.31. The van der Waals surface area contributed by atoms with E-state index in [-0.39, 0.29) is 18.6 Å². The highest BCUT2D eigenvalue weighted by atomic mass is 16.3. The van der Waals surface area contributed by atoms with Crippen LogP contribution in [-0.2, 0) is 4.79 Å². The van der Waals surface area contributed by atoms with Crippen LogP contribution in [0, 0.1) is 6.92 Å². The molecule has 3 N–H and O–H groups in total. The standard InChI is InChI=1S/C21H22N6O2/c1-12-4-6-22-9-16(12)17-8-15-18(10-23-17)25-21(29)20(15)14(3)24-19-5-7-27(26-19)13(2)11-28/h4-10,13,28H,11H2,1-3H3,(H,24,26)(H,25,29)/b20-14-/t13-/m1/s1. The van der Waals surface area contributed by atoms with Gasteiger partial charge in [-0.1, -0.05) is 0 Å². The summed E-state index contributed by atoms with van der Waals surface area (Å²) in [6, 6.07) is 5.52. The molecule has 1 aliphatic heterocycles. The number of carbonyl (C=O) groups excluding carboxylic acids is 1. The van der Waals surface area contributed by atoms with Crippen molar-refractivity contribution in [3.8, 4) is 11.3 Å². The monoisotopic (exact) mass is 390 g/mol. The third kappa shape index (κ3) is 3.50. The number of anilines is 2. The summed E-state index contributed by atoms with van der Waals surface area (Å²) < 4.78 is 1.68. The Morgan fingerprint density at radius 3 is 2.90 bits per heavy atom. The van der Waals surface area contributed by atoms with Gasteiger partial charge in [0.1, 0.15) is 0 Å². The van der Waals surface area contributed by atoms with Gasteiger partial charge in [0.05, 0.1) is 35.8 Å². The van der Waals surface area contributed by atoms with Gasteiger partial charge in [-0.3, -0.25) is 19.4 Å². The minimum atomic E-state index is -0.185. The topological polar surface area (TPSA) is 105 Å². The van der Waals surface area contributed by atoms with Crippen molar-refractivity contribution in [1.29, 1.82) is 0 Å². The van der Waals surface area contributed by atoms with Gasteiger partial charge in [-0.05, 0) is 38.5 Å². The van der Waals surface area contributed by atoms with E-state index in [4.69, 9.17) is 0 Å². The molecule has 0 radical (unpaired) electrons. The molecule has 0 aromatic carbocycles. The molecule has 0 saturated heterocycles. The number of aliphatic hydroxyl groups is 1. The third-order valence-electron chi connectivity index (χ3n) is 4.98. The number of aryl methyl sites for hydroxylation is 1. The van der Waals surface area contributed by atoms with Gasteiger partial charge in [0.2, 0.25) is 0 Å². The zero-order chi connectivity index (χ0) is 20.5. The van der Waals surface area contributed by atoms with Crippen molar-refractivity contribution < 1.29 is 9.90 Å². The molecule has 4 rings (SSSR count). The van der Waals surface area contributed by atoms with E-state index in [2.05, 4.69) is 25.7 Å². The van der Waals surface area contributed by atoms with Crippen LogP contribution in [0.5, 0.6) is 0 Å². The molecule has 3 aromatic rings. The number of hydrogen-bond donors (Lipinski definition) is 3. The van der Waals surface area contributed by atoms with Gasteiger partial charge >= 0.3 is 0 Å². The summed E-state index contributed by atoms with van der Waals surface area (Å²) in [5, 5.41) is 19.8. The molecule has 0 unspecified atom stereocenters. The van der Waals surface area contributed by atoms with Crippen LogP contribution < -0.4 is 10.6 Å². The number of aromatic nitrogens is 4. The molecule has 0 bridgehead atoms. The summed E-state index contributed by atoms with van der Waals surface area (Å²) in [5.74, 6) is 0.420. The molecule has 8 nitrogen and oxygen atoms in total. The van der Waals surface area contributed by atoms with E-state index < -0.39 is 0 Å². The molecule has 0 aliphatic carbocycles. The lowest BCUT2D eigenvalue weighted by Gasteiger charge is -2.10. The molecule has 0 spiro atoms. The number of aliphatic hydroxyl groups excluding tert-OH is 1. The number of fused-ring (bicyclic) bond motifs is 1. The number of amides is 1. The number of allylic oxidation sites excluding steroid dienone is 1. The lowest BCUT2D eigenvalue weighted by molar-refractivity contribution is -0.110. The minimum absolute atomic E-state index is 0.000505. The van der Waals surface area contributed by atoms with Crippen LogP contribution in [-0.4, -0.2) is 37.4 Å². The summed E-state index contributed by atoms with van der Waals surface area (Å²) in [6.07, 6.45) is 6.98. The van der Waals surface area contributed by atoms with E-state index in [0.29, 0.717) is 22.8 Å². The number of nitrogens with one attached hydrogen (secondary N) is 2. The first kappa shape index (κ1) is 18.8. The maximum absolute atomic E-state index is 12.6. The Morgan fingerprint density at radius 1 is 1.31 bits per heavy atom. The molecular weight excluding hydrogens is 368 g/mol. The predicted molar refractivity (Wildman–Crippen MR) is 111 cm³/mol. The van der Waals surface area contributed by atoms with Gasteiger partial charge in [0, 0.05) is 41.5 Å². The molecular formula is C21H22N6O2. The number of rotatable bonds is 5. The highest BCUT2D eigenvalue weighted by Crippen LogP contribution is 2.36. The summed E-state index contributed by atoms with van der Waals surface area (Å²) in [6.45, 7) is 5.72. The highest BCUT2D eigenvalue weighted by Gasteiger charge is 2.27. The second-order valence-electron chi connectivity index (χ2n) is 7.10. The Hall–Kier alpha value is -3.52. The van der Waals surface area contributed by atoms with E-state index in [1.807, 2.05) is 32.9 Å². The number of hydrogen-bond acceptors (Lipinski definition) is 6. The van der Waals surface area contributed by atoms with Crippen LogP contribution in [0.3, 0.4) is 0 Å². The van der Waals surface area contributed by atoms with Crippen LogP contribution in [0.4, 0.5) is 11.5 Å². The SMILES string of the molecule is C/C(Nc1ccn([C@H](C)CO)n1)=C1/C(=O)Nc2cnc(-c3cnccc3C)cc21. The van der Waals surface area contributed by atoms with Crippen molar-refractivity contribution in [3.63, 3.8) is 0 Å². The molecule has 148 valence electrons. The van der Waals surface area contributed by atoms with Gasteiger partial charge < -0.3 is 15.7 Å². The Bertz CT molecular complexity index is 1120. The summed E-state index contributed by atoms with van der Waals surface area (Å²) in [5.41, 5.74) is 5.45. The first-order valence-electron chi connectivity index (χ1n) is 9.34. The lowest BCUT2D eigenvalue weighted by atomic mass is 10.0. The summed E-state index contributed by atoms with van der Waals surface area (Å²) in [7, 11) is 0. The zero-order valence-electron chi connectivity index (χ0n) is 16.5. The van der Waals surface area contributed by atoms with Crippen molar-refractivity contribution in [3.05, 3.63) is 59.8 Å². The summed E-state index contributed by atoms with van der Waals surface area (Å²) >= 11 is 0. The van der Waals surface area contributed by atoms with Crippen LogP contribution in [0.2, 0.25) is 0 Å². The van der Waals surface area contributed by atoms with E-state index >= 15 is 0 Å². The van der Waals surface area contributed by atoms with E-state index in [0.717, 1.165) is 22.4 Å². The van der Waals surface area contributed by atoms with Crippen molar-refractivity contribution >= 4 is 23.0 Å². The van der Waals surface area contributed by atoms with Gasteiger partial charge in [0.25, 0.3) is 5.91 Å². The van der Waals surface area contributed by atoms with Crippen LogP contribution in [0.15, 0.2) is 48.7 Å². The van der Waals surface area contributed by atoms with Gasteiger partial charge in [-0.2, -0.15) is 5.10 Å². The van der Waals surface area contributed by atoms with Gasteiger partial charge in [-0.25, -0.2) is 0 Å². The molecule has 1 atom stereocenters. The van der Waals surface area contributed by atoms with Crippen molar-refractivity contribution in [2.75, 3.05) is 17.2 Å². The molecule has 8 heteroatoms. The molecule has 3 aromatic heterocycles. The largest absolute Gasteiger partial charge is 0.394 e. The van der Waals surface area contributed by atoms with Crippen LogP contribution in [0.25, 0.3) is 16.8 Å². The molecule has 0 saturated carbocycles. The maximum atomic E-state index is 12.6. The second kappa shape index (κ2) is 7.48. The molecule has 1 aliphatic rings. The fraction of sp³-hybridized carbons (Fsp3) is 0.238. The van der Waals surface area contributed by atoms with Crippen molar-refractivity contribution in [2.24, 2.45) is 0 Å². The molecule has 4 heterocycles. The normalized spacial score (nSPS) is 15.7. The lowest BCUT2D eigenvalue weighted by Crippen LogP contribution is -2.11. The summed E-state index contributed by atoms with van der Waals surface area (Å²) in [4.78, 5) is 21.3. The van der Waals surface area contributed by atoms with Gasteiger partial charge in [0.15, 0.2) is 5.82 Å². The molecule has 0 fully saturated rings. The third-order valence-corrected chi connectivity index (χ3v) is 4.98. The van der Waals surface area contributed by atoms with E-state index in [1.54, 1.807) is 35.5 Å². The quantitative estimate of drug-likeness (QED) is 0.579.